The lowest BCUT2D eigenvalue weighted by molar-refractivity contribution is -0.122. The fourth-order valence-corrected chi connectivity index (χ4v) is 2.61. The van der Waals surface area contributed by atoms with Crippen molar-refractivity contribution in [1.29, 1.82) is 0 Å². The van der Waals surface area contributed by atoms with Gasteiger partial charge in [-0.2, -0.15) is 0 Å². The van der Waals surface area contributed by atoms with E-state index in [1.807, 2.05) is 22.6 Å². The third kappa shape index (κ3) is 3.04. The lowest BCUT2D eigenvalue weighted by Gasteiger charge is -2.26. The molecule has 7 nitrogen and oxygen atoms in total. The SMILES string of the molecule is COc1ccc(N2C(=O)NC(=O)/C(=C\c3ccc(I)o3)C2=O)cc1. The van der Waals surface area contributed by atoms with Crippen molar-refractivity contribution in [3.05, 3.63) is 51.5 Å². The van der Waals surface area contributed by atoms with E-state index in [1.165, 1.54) is 13.2 Å². The summed E-state index contributed by atoms with van der Waals surface area (Å²) in [5.74, 6) is -0.552. The first-order valence-electron chi connectivity index (χ1n) is 6.80. The highest BCUT2D eigenvalue weighted by Gasteiger charge is 2.37. The summed E-state index contributed by atoms with van der Waals surface area (Å²) in [6.07, 6.45) is 1.31. The number of carbonyl (C=O) groups excluding carboxylic acids is 3. The van der Waals surface area contributed by atoms with Crippen molar-refractivity contribution >= 4 is 52.2 Å². The van der Waals surface area contributed by atoms with E-state index in [4.69, 9.17) is 9.15 Å². The van der Waals surface area contributed by atoms with Gasteiger partial charge in [0.05, 0.1) is 12.8 Å². The fourth-order valence-electron chi connectivity index (χ4n) is 2.17. The van der Waals surface area contributed by atoms with Gasteiger partial charge in [0.15, 0.2) is 3.77 Å². The number of furan rings is 1. The molecule has 1 fully saturated rings. The van der Waals surface area contributed by atoms with Crippen LogP contribution in [0.4, 0.5) is 10.5 Å². The Hall–Kier alpha value is -2.62. The van der Waals surface area contributed by atoms with Gasteiger partial charge in [0, 0.05) is 0 Å². The van der Waals surface area contributed by atoms with Gasteiger partial charge >= 0.3 is 6.03 Å². The number of ether oxygens (including phenoxy) is 1. The van der Waals surface area contributed by atoms with E-state index in [0.717, 1.165) is 4.90 Å². The third-order valence-electron chi connectivity index (χ3n) is 3.31. The largest absolute Gasteiger partial charge is 0.497 e. The van der Waals surface area contributed by atoms with E-state index in [-0.39, 0.29) is 5.57 Å². The monoisotopic (exact) mass is 438 g/mol. The van der Waals surface area contributed by atoms with Crippen molar-refractivity contribution < 1.29 is 23.5 Å². The number of nitrogens with one attached hydrogen (secondary N) is 1. The predicted molar refractivity (Wildman–Crippen MR) is 93.4 cm³/mol. The smallest absolute Gasteiger partial charge is 0.335 e. The molecule has 0 unspecified atom stereocenters. The third-order valence-corrected chi connectivity index (χ3v) is 3.89. The maximum Gasteiger partial charge on any atom is 0.335 e. The number of barbiturate groups is 1. The molecule has 122 valence electrons. The Morgan fingerprint density at radius 2 is 1.83 bits per heavy atom. The van der Waals surface area contributed by atoms with Crippen LogP contribution in [0.5, 0.6) is 5.75 Å². The summed E-state index contributed by atoms with van der Waals surface area (Å²) in [5.41, 5.74) is 0.141. The maximum atomic E-state index is 12.6. The molecule has 1 N–H and O–H groups in total. The number of methoxy groups -OCH3 is 1. The van der Waals surface area contributed by atoms with Crippen LogP contribution in [0.2, 0.25) is 0 Å². The summed E-state index contributed by atoms with van der Waals surface area (Å²) in [6, 6.07) is 8.86. The minimum atomic E-state index is -0.804. The minimum Gasteiger partial charge on any atom is -0.497 e. The first kappa shape index (κ1) is 16.2. The number of hydrogen-bond acceptors (Lipinski definition) is 5. The molecule has 4 amide bonds. The zero-order chi connectivity index (χ0) is 17.3. The lowest BCUT2D eigenvalue weighted by Crippen LogP contribution is -2.54. The van der Waals surface area contributed by atoms with Crippen LogP contribution in [0.1, 0.15) is 5.76 Å². The molecule has 1 aliphatic heterocycles. The number of benzene rings is 1. The molecule has 1 aliphatic rings. The van der Waals surface area contributed by atoms with E-state index >= 15 is 0 Å². The highest BCUT2D eigenvalue weighted by atomic mass is 127. The summed E-state index contributed by atoms with van der Waals surface area (Å²) >= 11 is 1.97. The van der Waals surface area contributed by atoms with Gasteiger partial charge in [-0.15, -0.1) is 0 Å². The van der Waals surface area contributed by atoms with Gasteiger partial charge in [-0.05, 0) is 65.1 Å². The molecule has 24 heavy (non-hydrogen) atoms. The van der Waals surface area contributed by atoms with Crippen LogP contribution >= 0.6 is 22.6 Å². The molecule has 0 atom stereocenters. The molecule has 2 aromatic rings. The molecule has 0 bridgehead atoms. The number of rotatable bonds is 3. The number of amides is 4. The molecule has 2 heterocycles. The van der Waals surface area contributed by atoms with E-state index in [0.29, 0.717) is 21.0 Å². The Morgan fingerprint density at radius 3 is 2.42 bits per heavy atom. The van der Waals surface area contributed by atoms with Crippen LogP contribution in [0.3, 0.4) is 0 Å². The molecule has 1 saturated heterocycles. The van der Waals surface area contributed by atoms with Gasteiger partial charge in [-0.3, -0.25) is 14.9 Å². The molecular weight excluding hydrogens is 427 g/mol. The zero-order valence-corrected chi connectivity index (χ0v) is 14.6. The van der Waals surface area contributed by atoms with Crippen LogP contribution in [0.25, 0.3) is 6.08 Å². The van der Waals surface area contributed by atoms with Gasteiger partial charge in [-0.1, -0.05) is 0 Å². The van der Waals surface area contributed by atoms with Crippen molar-refractivity contribution in [2.45, 2.75) is 0 Å². The van der Waals surface area contributed by atoms with Crippen LogP contribution in [-0.4, -0.2) is 25.0 Å². The molecule has 0 radical (unpaired) electrons. The number of anilines is 1. The highest BCUT2D eigenvalue weighted by Crippen LogP contribution is 2.24. The first-order chi connectivity index (χ1) is 11.5. The highest BCUT2D eigenvalue weighted by molar-refractivity contribution is 14.1. The standard InChI is InChI=1S/C16H11IN2O5/c1-23-10-4-2-9(3-5-10)19-15(21)12(14(20)18-16(19)22)8-11-6-7-13(17)24-11/h2-8H,1H3,(H,18,20,22)/b12-8+. The normalized spacial score (nSPS) is 16.5. The average molecular weight is 438 g/mol. The zero-order valence-electron chi connectivity index (χ0n) is 12.4. The summed E-state index contributed by atoms with van der Waals surface area (Å²) in [5, 5.41) is 2.15. The molecule has 1 aromatic heterocycles. The summed E-state index contributed by atoms with van der Waals surface area (Å²) in [7, 11) is 1.51. The number of carbonyl (C=O) groups is 3. The van der Waals surface area contributed by atoms with Crippen molar-refractivity contribution in [3.8, 4) is 5.75 Å². The summed E-state index contributed by atoms with van der Waals surface area (Å²) in [4.78, 5) is 37.6. The predicted octanol–water partition coefficient (Wildman–Crippen LogP) is 2.56. The van der Waals surface area contributed by atoms with Gasteiger partial charge in [0.2, 0.25) is 0 Å². The second kappa shape index (κ2) is 6.48. The summed E-state index contributed by atoms with van der Waals surface area (Å²) < 4.78 is 11.0. The van der Waals surface area contributed by atoms with E-state index in [2.05, 4.69) is 5.32 Å². The molecule has 8 heteroatoms. The second-order valence-corrected chi connectivity index (χ2v) is 5.86. The Kier molecular flexibility index (Phi) is 4.38. The Bertz CT molecular complexity index is 854. The number of nitrogens with zero attached hydrogens (tertiary/aromatic N) is 1. The Labute approximate surface area is 150 Å². The molecule has 3 rings (SSSR count). The molecule has 0 spiro atoms. The quantitative estimate of drug-likeness (QED) is 0.452. The van der Waals surface area contributed by atoms with Gasteiger partial charge in [0.25, 0.3) is 11.8 Å². The average Bonchev–Trinajstić information content (AvgIpc) is 2.97. The lowest BCUT2D eigenvalue weighted by atomic mass is 10.1. The molecule has 0 saturated carbocycles. The van der Waals surface area contributed by atoms with Crippen LogP contribution < -0.4 is 15.0 Å². The van der Waals surface area contributed by atoms with E-state index < -0.39 is 17.8 Å². The number of hydrogen-bond donors (Lipinski definition) is 1. The van der Waals surface area contributed by atoms with Gasteiger partial charge in [0.1, 0.15) is 17.1 Å². The fraction of sp³-hybridized carbons (Fsp3) is 0.0625. The summed E-state index contributed by atoms with van der Waals surface area (Å²) in [6.45, 7) is 0. The van der Waals surface area contributed by atoms with Gasteiger partial charge < -0.3 is 9.15 Å². The Balaban J connectivity index is 1.97. The van der Waals surface area contributed by atoms with E-state index in [9.17, 15) is 14.4 Å². The minimum absolute atomic E-state index is 0.184. The van der Waals surface area contributed by atoms with E-state index in [1.54, 1.807) is 36.4 Å². The van der Waals surface area contributed by atoms with Crippen LogP contribution in [-0.2, 0) is 9.59 Å². The number of urea groups is 1. The van der Waals surface area contributed by atoms with Gasteiger partial charge in [-0.25, -0.2) is 9.69 Å². The van der Waals surface area contributed by atoms with Crippen molar-refractivity contribution in [3.63, 3.8) is 0 Å². The second-order valence-electron chi connectivity index (χ2n) is 4.80. The maximum absolute atomic E-state index is 12.6. The van der Waals surface area contributed by atoms with Crippen LogP contribution in [0, 0.1) is 3.77 Å². The van der Waals surface area contributed by atoms with Crippen LogP contribution in [0.15, 0.2) is 46.4 Å². The topological polar surface area (TPSA) is 88.8 Å². The van der Waals surface area contributed by atoms with Crippen molar-refractivity contribution in [1.82, 2.24) is 5.32 Å². The first-order valence-corrected chi connectivity index (χ1v) is 7.88. The van der Waals surface area contributed by atoms with Crippen molar-refractivity contribution in [2.75, 3.05) is 12.0 Å². The number of imide groups is 2. The molecular formula is C16H11IN2O5. The molecule has 1 aromatic carbocycles. The molecule has 0 aliphatic carbocycles. The van der Waals surface area contributed by atoms with Crippen molar-refractivity contribution in [2.24, 2.45) is 0 Å². The Morgan fingerprint density at radius 1 is 1.12 bits per heavy atom. The number of halogens is 1.